The topological polar surface area (TPSA) is 76.2 Å². The molecule has 1 saturated heterocycles. The van der Waals surface area contributed by atoms with Gasteiger partial charge < -0.3 is 9.47 Å². The van der Waals surface area contributed by atoms with E-state index in [1.54, 1.807) is 17.9 Å². The number of rotatable bonds is 6. The summed E-state index contributed by atoms with van der Waals surface area (Å²) in [4.78, 5) is 2.24. The van der Waals surface area contributed by atoms with E-state index in [0.717, 1.165) is 30.1 Å². The normalized spacial score (nSPS) is 16.8. The zero-order valence-corrected chi connectivity index (χ0v) is 15.7. The van der Waals surface area contributed by atoms with E-state index in [2.05, 4.69) is 33.4 Å². The SMILES string of the molecule is COc1ccc(CN2CCO[C@H]2c2cn(Cc3cccc(C#N)c3)nn2)cc1. The van der Waals surface area contributed by atoms with Crippen LogP contribution in [0.15, 0.2) is 54.7 Å². The van der Waals surface area contributed by atoms with E-state index in [-0.39, 0.29) is 6.23 Å². The molecular weight excluding hydrogens is 354 g/mol. The number of hydrogen-bond donors (Lipinski definition) is 0. The lowest BCUT2D eigenvalue weighted by Gasteiger charge is -2.21. The number of methoxy groups -OCH3 is 1. The monoisotopic (exact) mass is 375 g/mol. The van der Waals surface area contributed by atoms with Gasteiger partial charge in [-0.1, -0.05) is 29.5 Å². The zero-order chi connectivity index (χ0) is 19.3. The minimum Gasteiger partial charge on any atom is -0.497 e. The van der Waals surface area contributed by atoms with Crippen LogP contribution in [0.25, 0.3) is 0 Å². The fourth-order valence-electron chi connectivity index (χ4n) is 3.33. The largest absolute Gasteiger partial charge is 0.497 e. The highest BCUT2D eigenvalue weighted by atomic mass is 16.5. The third-order valence-electron chi connectivity index (χ3n) is 4.74. The van der Waals surface area contributed by atoms with E-state index in [1.807, 2.05) is 36.5 Å². The molecule has 0 aliphatic carbocycles. The maximum absolute atomic E-state index is 9.04. The lowest BCUT2D eigenvalue weighted by Crippen LogP contribution is -2.23. The van der Waals surface area contributed by atoms with E-state index in [9.17, 15) is 0 Å². The Kier molecular flexibility index (Phi) is 5.33. The van der Waals surface area contributed by atoms with Crippen LogP contribution in [0.2, 0.25) is 0 Å². The Bertz CT molecular complexity index is 977. The summed E-state index contributed by atoms with van der Waals surface area (Å²) < 4.78 is 12.9. The second-order valence-electron chi connectivity index (χ2n) is 6.69. The standard InChI is InChI=1S/C21H21N5O2/c1-27-19-7-5-16(6-8-19)13-25-9-10-28-21(25)20-15-26(24-23-20)14-18-4-2-3-17(11-18)12-22/h2-8,11,15,21H,9-10,13-14H2,1H3/t21-/m0/s1. The minimum atomic E-state index is -0.207. The van der Waals surface area contributed by atoms with Gasteiger partial charge in [0.2, 0.25) is 0 Å². The van der Waals surface area contributed by atoms with Gasteiger partial charge in [0.15, 0.2) is 6.23 Å². The van der Waals surface area contributed by atoms with Crippen molar-refractivity contribution in [2.24, 2.45) is 0 Å². The molecule has 1 aliphatic rings. The number of aromatic nitrogens is 3. The number of nitrogens with zero attached hydrogens (tertiary/aromatic N) is 5. The molecule has 0 radical (unpaired) electrons. The first-order chi connectivity index (χ1) is 13.7. The van der Waals surface area contributed by atoms with Gasteiger partial charge in [0.05, 0.1) is 38.1 Å². The van der Waals surface area contributed by atoms with E-state index in [1.165, 1.54) is 5.56 Å². The van der Waals surface area contributed by atoms with Crippen LogP contribution in [0.1, 0.15) is 28.6 Å². The van der Waals surface area contributed by atoms with Gasteiger partial charge in [-0.25, -0.2) is 4.68 Å². The molecule has 0 saturated carbocycles. The smallest absolute Gasteiger partial charge is 0.157 e. The lowest BCUT2D eigenvalue weighted by atomic mass is 10.1. The van der Waals surface area contributed by atoms with Gasteiger partial charge in [-0.3, -0.25) is 4.90 Å². The molecule has 142 valence electrons. The lowest BCUT2D eigenvalue weighted by molar-refractivity contribution is 0.0252. The minimum absolute atomic E-state index is 0.207. The fraction of sp³-hybridized carbons (Fsp3) is 0.286. The third kappa shape index (κ3) is 4.03. The van der Waals surface area contributed by atoms with E-state index in [4.69, 9.17) is 14.7 Å². The van der Waals surface area contributed by atoms with Crippen molar-refractivity contribution in [1.29, 1.82) is 5.26 Å². The molecule has 0 amide bonds. The maximum Gasteiger partial charge on any atom is 0.157 e. The molecule has 1 atom stereocenters. The van der Waals surface area contributed by atoms with Crippen LogP contribution >= 0.6 is 0 Å². The molecule has 7 nitrogen and oxygen atoms in total. The molecular formula is C21H21N5O2. The van der Waals surface area contributed by atoms with Gasteiger partial charge >= 0.3 is 0 Å². The van der Waals surface area contributed by atoms with Crippen molar-refractivity contribution in [2.75, 3.05) is 20.3 Å². The first-order valence-electron chi connectivity index (χ1n) is 9.13. The number of hydrogen-bond acceptors (Lipinski definition) is 6. The predicted octanol–water partition coefficient (Wildman–Crippen LogP) is 2.74. The highest BCUT2D eigenvalue weighted by Gasteiger charge is 2.29. The second kappa shape index (κ2) is 8.21. The van der Waals surface area contributed by atoms with Crippen molar-refractivity contribution in [3.8, 4) is 11.8 Å². The van der Waals surface area contributed by atoms with Gasteiger partial charge in [0.25, 0.3) is 0 Å². The fourth-order valence-corrected chi connectivity index (χ4v) is 3.33. The Hall–Kier alpha value is -3.21. The van der Waals surface area contributed by atoms with E-state index < -0.39 is 0 Å². The first-order valence-corrected chi connectivity index (χ1v) is 9.13. The Morgan fingerprint density at radius 3 is 2.82 bits per heavy atom. The van der Waals surface area contributed by atoms with Gasteiger partial charge in [-0.15, -0.1) is 5.10 Å². The zero-order valence-electron chi connectivity index (χ0n) is 15.7. The summed E-state index contributed by atoms with van der Waals surface area (Å²) >= 11 is 0. The molecule has 0 bridgehead atoms. The van der Waals surface area contributed by atoms with Crippen molar-refractivity contribution >= 4 is 0 Å². The van der Waals surface area contributed by atoms with E-state index >= 15 is 0 Å². The van der Waals surface area contributed by atoms with E-state index in [0.29, 0.717) is 18.7 Å². The first kappa shape index (κ1) is 18.2. The Morgan fingerprint density at radius 1 is 1.18 bits per heavy atom. The molecule has 1 aromatic heterocycles. The average molecular weight is 375 g/mol. The summed E-state index contributed by atoms with van der Waals surface area (Å²) in [5, 5.41) is 17.6. The molecule has 0 unspecified atom stereocenters. The van der Waals surface area contributed by atoms with Crippen LogP contribution in [0, 0.1) is 11.3 Å². The summed E-state index contributed by atoms with van der Waals surface area (Å²) in [5.41, 5.74) is 3.64. The second-order valence-corrected chi connectivity index (χ2v) is 6.69. The van der Waals surface area contributed by atoms with Crippen LogP contribution < -0.4 is 4.74 Å². The molecule has 4 rings (SSSR count). The summed E-state index contributed by atoms with van der Waals surface area (Å²) in [6.45, 7) is 2.84. The molecule has 2 aromatic carbocycles. The van der Waals surface area contributed by atoms with Crippen LogP contribution in [-0.2, 0) is 17.8 Å². The molecule has 1 aliphatic heterocycles. The van der Waals surface area contributed by atoms with Crippen LogP contribution in [0.3, 0.4) is 0 Å². The third-order valence-corrected chi connectivity index (χ3v) is 4.74. The molecule has 2 heterocycles. The molecule has 7 heteroatoms. The van der Waals surface area contributed by atoms with Crippen molar-refractivity contribution in [2.45, 2.75) is 19.3 Å². The van der Waals surface area contributed by atoms with Crippen LogP contribution in [-0.4, -0.2) is 40.2 Å². The van der Waals surface area contributed by atoms with Crippen molar-refractivity contribution < 1.29 is 9.47 Å². The van der Waals surface area contributed by atoms with Gasteiger partial charge in [-0.05, 0) is 35.4 Å². The summed E-state index contributed by atoms with van der Waals surface area (Å²) in [6, 6.07) is 17.7. The highest BCUT2D eigenvalue weighted by Crippen LogP contribution is 2.27. The molecule has 3 aromatic rings. The van der Waals surface area contributed by atoms with Crippen molar-refractivity contribution in [3.05, 3.63) is 77.1 Å². The highest BCUT2D eigenvalue weighted by molar-refractivity contribution is 5.32. The maximum atomic E-state index is 9.04. The summed E-state index contributed by atoms with van der Waals surface area (Å²) in [6.07, 6.45) is 1.71. The Balaban J connectivity index is 1.45. The van der Waals surface area contributed by atoms with Crippen LogP contribution in [0.4, 0.5) is 0 Å². The summed E-state index contributed by atoms with van der Waals surface area (Å²) in [7, 11) is 1.67. The van der Waals surface area contributed by atoms with Crippen molar-refractivity contribution in [1.82, 2.24) is 19.9 Å². The van der Waals surface area contributed by atoms with Crippen LogP contribution in [0.5, 0.6) is 5.75 Å². The number of nitriles is 1. The van der Waals surface area contributed by atoms with Gasteiger partial charge in [-0.2, -0.15) is 5.26 Å². The van der Waals surface area contributed by atoms with Gasteiger partial charge in [0, 0.05) is 13.1 Å². The molecule has 1 fully saturated rings. The molecule has 0 N–H and O–H groups in total. The number of benzene rings is 2. The predicted molar refractivity (Wildman–Crippen MR) is 102 cm³/mol. The number of ether oxygens (including phenoxy) is 2. The average Bonchev–Trinajstić information content (AvgIpc) is 3.38. The summed E-state index contributed by atoms with van der Waals surface area (Å²) in [5.74, 6) is 0.849. The Labute approximate surface area is 163 Å². The molecule has 28 heavy (non-hydrogen) atoms. The van der Waals surface area contributed by atoms with Gasteiger partial charge in [0.1, 0.15) is 11.4 Å². The molecule has 0 spiro atoms. The quantitative estimate of drug-likeness (QED) is 0.659. The van der Waals surface area contributed by atoms with Crippen molar-refractivity contribution in [3.63, 3.8) is 0 Å². The Morgan fingerprint density at radius 2 is 2.04 bits per heavy atom.